The van der Waals surface area contributed by atoms with Gasteiger partial charge in [-0.1, -0.05) is 32.9 Å². The van der Waals surface area contributed by atoms with Gasteiger partial charge in [0.1, 0.15) is 0 Å². The Morgan fingerprint density at radius 3 is 2.14 bits per heavy atom. The second-order valence-corrected chi connectivity index (χ2v) is 4.62. The summed E-state index contributed by atoms with van der Waals surface area (Å²) in [6, 6.07) is 0. The summed E-state index contributed by atoms with van der Waals surface area (Å²) in [5.41, 5.74) is 0.192. The van der Waals surface area contributed by atoms with Crippen molar-refractivity contribution in [2.45, 2.75) is 39.8 Å². The van der Waals surface area contributed by atoms with Crippen molar-refractivity contribution < 1.29 is 13.2 Å². The van der Waals surface area contributed by atoms with Crippen molar-refractivity contribution in [3.05, 3.63) is 23.3 Å². The lowest BCUT2D eigenvalue weighted by Crippen LogP contribution is -2.17. The summed E-state index contributed by atoms with van der Waals surface area (Å²) in [4.78, 5) is 0. The van der Waals surface area contributed by atoms with Crippen molar-refractivity contribution in [3.63, 3.8) is 0 Å². The molecule has 80 valence electrons. The first-order chi connectivity index (χ1) is 6.21. The third-order valence-electron chi connectivity index (χ3n) is 2.34. The van der Waals surface area contributed by atoms with Gasteiger partial charge in [0.25, 0.3) is 0 Å². The van der Waals surface area contributed by atoms with Crippen LogP contribution in [-0.2, 0) is 0 Å². The van der Waals surface area contributed by atoms with Gasteiger partial charge in [-0.25, -0.2) is 0 Å². The van der Waals surface area contributed by atoms with Gasteiger partial charge in [0, 0.05) is 5.57 Å². The lowest BCUT2D eigenvalue weighted by atomic mass is 9.82. The fourth-order valence-electron chi connectivity index (χ4n) is 1.45. The zero-order valence-electron chi connectivity index (χ0n) is 8.70. The van der Waals surface area contributed by atoms with Crippen molar-refractivity contribution in [2.24, 2.45) is 5.41 Å². The summed E-state index contributed by atoms with van der Waals surface area (Å²) >= 11 is 0. The maximum Gasteiger partial charge on any atom is 0.412 e. The molecule has 0 radical (unpaired) electrons. The highest BCUT2D eigenvalue weighted by Gasteiger charge is 2.34. The normalized spacial score (nSPS) is 19.0. The highest BCUT2D eigenvalue weighted by Crippen LogP contribution is 2.37. The van der Waals surface area contributed by atoms with Crippen LogP contribution >= 0.6 is 0 Å². The molecule has 1 aliphatic rings. The van der Waals surface area contributed by atoms with Gasteiger partial charge in [-0.2, -0.15) is 13.2 Å². The summed E-state index contributed by atoms with van der Waals surface area (Å²) in [6.45, 7) is 5.78. The van der Waals surface area contributed by atoms with E-state index in [1.807, 2.05) is 26.8 Å². The zero-order chi connectivity index (χ0) is 11.0. The molecule has 0 bridgehead atoms. The lowest BCUT2D eigenvalue weighted by molar-refractivity contribution is -0.0942. The van der Waals surface area contributed by atoms with E-state index in [0.29, 0.717) is 6.42 Å². The van der Waals surface area contributed by atoms with Crippen LogP contribution in [-0.4, -0.2) is 6.18 Å². The van der Waals surface area contributed by atoms with Crippen molar-refractivity contribution in [1.29, 1.82) is 0 Å². The first-order valence-corrected chi connectivity index (χ1v) is 4.69. The number of allylic oxidation sites excluding steroid dienone is 4. The summed E-state index contributed by atoms with van der Waals surface area (Å²) in [5, 5.41) is 0. The van der Waals surface area contributed by atoms with E-state index in [4.69, 9.17) is 0 Å². The molecule has 0 fully saturated rings. The van der Waals surface area contributed by atoms with Crippen LogP contribution in [0.2, 0.25) is 0 Å². The summed E-state index contributed by atoms with van der Waals surface area (Å²) < 4.78 is 37.2. The molecule has 1 rings (SSSR count). The third kappa shape index (κ3) is 2.63. The molecule has 0 amide bonds. The molecule has 0 N–H and O–H groups in total. The van der Waals surface area contributed by atoms with Crippen LogP contribution in [0.5, 0.6) is 0 Å². The first-order valence-electron chi connectivity index (χ1n) is 4.69. The Morgan fingerprint density at radius 1 is 1.14 bits per heavy atom. The van der Waals surface area contributed by atoms with E-state index in [1.54, 1.807) is 0 Å². The van der Waals surface area contributed by atoms with Gasteiger partial charge in [-0.05, 0) is 23.8 Å². The van der Waals surface area contributed by atoms with Gasteiger partial charge in [0.15, 0.2) is 0 Å². The van der Waals surface area contributed by atoms with E-state index in [0.717, 1.165) is 5.57 Å². The van der Waals surface area contributed by atoms with Crippen LogP contribution < -0.4 is 0 Å². The molecule has 0 aliphatic heterocycles. The molecule has 14 heavy (non-hydrogen) atoms. The largest absolute Gasteiger partial charge is 0.412 e. The van der Waals surface area contributed by atoms with Crippen LogP contribution in [0.1, 0.15) is 33.6 Å². The monoisotopic (exact) mass is 204 g/mol. The topological polar surface area (TPSA) is 0 Å². The van der Waals surface area contributed by atoms with Crippen molar-refractivity contribution in [3.8, 4) is 0 Å². The summed E-state index contributed by atoms with van der Waals surface area (Å²) in [5.74, 6) is 0. The molecule has 0 saturated carbocycles. The van der Waals surface area contributed by atoms with Crippen molar-refractivity contribution in [1.82, 2.24) is 0 Å². The van der Waals surface area contributed by atoms with Crippen LogP contribution in [0.15, 0.2) is 23.3 Å². The fraction of sp³-hybridized carbons (Fsp3) is 0.636. The number of hydrogen-bond donors (Lipinski definition) is 0. The molecule has 0 aromatic heterocycles. The molecular formula is C11H15F3. The number of alkyl halides is 3. The highest BCUT2D eigenvalue weighted by molar-refractivity contribution is 5.33. The summed E-state index contributed by atoms with van der Waals surface area (Å²) in [6.07, 6.45) is -0.357. The van der Waals surface area contributed by atoms with Gasteiger partial charge in [-0.3, -0.25) is 0 Å². The van der Waals surface area contributed by atoms with Crippen LogP contribution in [0.3, 0.4) is 0 Å². The van der Waals surface area contributed by atoms with Crippen LogP contribution in [0.25, 0.3) is 0 Å². The molecular weight excluding hydrogens is 189 g/mol. The molecule has 0 aromatic rings. The van der Waals surface area contributed by atoms with Gasteiger partial charge >= 0.3 is 6.18 Å². The van der Waals surface area contributed by atoms with Crippen molar-refractivity contribution in [2.75, 3.05) is 0 Å². The predicted octanol–water partition coefficient (Wildman–Crippen LogP) is 4.24. The fourth-order valence-corrected chi connectivity index (χ4v) is 1.45. The second-order valence-electron chi connectivity index (χ2n) is 4.62. The average molecular weight is 204 g/mol. The van der Waals surface area contributed by atoms with Gasteiger partial charge < -0.3 is 0 Å². The maximum absolute atomic E-state index is 12.4. The SMILES string of the molecule is CC(C)(C)C1=CCCC(C(F)(F)F)=C1. The summed E-state index contributed by atoms with van der Waals surface area (Å²) in [7, 11) is 0. The molecule has 0 saturated heterocycles. The van der Waals surface area contributed by atoms with E-state index in [2.05, 4.69) is 0 Å². The number of halogens is 3. The Morgan fingerprint density at radius 2 is 1.71 bits per heavy atom. The van der Waals surface area contributed by atoms with E-state index >= 15 is 0 Å². The maximum atomic E-state index is 12.4. The number of hydrogen-bond acceptors (Lipinski definition) is 0. The molecule has 0 atom stereocenters. The molecule has 3 heteroatoms. The minimum atomic E-state index is -4.16. The van der Waals surface area contributed by atoms with Crippen LogP contribution in [0.4, 0.5) is 13.2 Å². The smallest absolute Gasteiger partial charge is 0.166 e. The van der Waals surface area contributed by atoms with E-state index in [1.165, 1.54) is 6.08 Å². The quantitative estimate of drug-likeness (QED) is 0.553. The Bertz CT molecular complexity index is 274. The second kappa shape index (κ2) is 3.44. The van der Waals surface area contributed by atoms with Gasteiger partial charge in [-0.15, -0.1) is 0 Å². The Labute approximate surface area is 82.5 Å². The average Bonchev–Trinajstić information content (AvgIpc) is 2.01. The highest BCUT2D eigenvalue weighted by atomic mass is 19.4. The van der Waals surface area contributed by atoms with E-state index < -0.39 is 11.7 Å². The molecule has 0 spiro atoms. The molecule has 0 aromatic carbocycles. The number of rotatable bonds is 0. The molecule has 0 heterocycles. The van der Waals surface area contributed by atoms with Gasteiger partial charge in [0.05, 0.1) is 0 Å². The standard InChI is InChI=1S/C11H15F3/c1-10(2,3)8-5-4-6-9(7-8)11(12,13)14/h5,7H,4,6H2,1-3H3. The Kier molecular flexibility index (Phi) is 2.79. The lowest BCUT2D eigenvalue weighted by Gasteiger charge is -2.25. The predicted molar refractivity (Wildman–Crippen MR) is 50.9 cm³/mol. The van der Waals surface area contributed by atoms with E-state index in [9.17, 15) is 13.2 Å². The van der Waals surface area contributed by atoms with Gasteiger partial charge in [0.2, 0.25) is 0 Å². The zero-order valence-corrected chi connectivity index (χ0v) is 8.70. The molecule has 0 nitrogen and oxygen atoms in total. The van der Waals surface area contributed by atoms with Crippen LogP contribution in [0, 0.1) is 5.41 Å². The molecule has 0 unspecified atom stereocenters. The molecule has 1 aliphatic carbocycles. The van der Waals surface area contributed by atoms with E-state index in [-0.39, 0.29) is 11.8 Å². The van der Waals surface area contributed by atoms with Crippen molar-refractivity contribution >= 4 is 0 Å². The minimum absolute atomic E-state index is 0.114. The minimum Gasteiger partial charge on any atom is -0.166 e. The Balaban J connectivity index is 2.95. The Hall–Kier alpha value is -0.730. The first kappa shape index (κ1) is 11.3. The third-order valence-corrected chi connectivity index (χ3v) is 2.34.